The summed E-state index contributed by atoms with van der Waals surface area (Å²) >= 11 is 0. The molecule has 1 aliphatic rings. The van der Waals surface area contributed by atoms with Gasteiger partial charge in [0, 0.05) is 28.3 Å². The number of ether oxygens (including phenoxy) is 3. The molecule has 0 unspecified atom stereocenters. The number of fused-ring (bicyclic) bond motifs is 3. The predicted molar refractivity (Wildman–Crippen MR) is 75.0 cm³/mol. The maximum Gasteiger partial charge on any atom is 0.194 e. The van der Waals surface area contributed by atoms with Gasteiger partial charge < -0.3 is 14.2 Å². The Morgan fingerprint density at radius 2 is 1.50 bits per heavy atom. The van der Waals surface area contributed by atoms with Gasteiger partial charge >= 0.3 is 0 Å². The standard InChI is InChI=1S/C16H14O4/c1-18-9-7-11-15(13(8-9)20-3)14-10(16(11)17)5-4-6-12(14)19-2/h4-8H,1-3H3. The minimum atomic E-state index is -0.0360. The molecule has 0 bridgehead atoms. The molecule has 0 heterocycles. The number of ketones is 1. The van der Waals surface area contributed by atoms with Crippen LogP contribution in [0, 0.1) is 0 Å². The Morgan fingerprint density at radius 1 is 0.800 bits per heavy atom. The second-order valence-corrected chi connectivity index (χ2v) is 4.46. The highest BCUT2D eigenvalue weighted by molar-refractivity contribution is 6.23. The van der Waals surface area contributed by atoms with Crippen molar-refractivity contribution in [2.45, 2.75) is 0 Å². The van der Waals surface area contributed by atoms with E-state index in [0.717, 1.165) is 11.1 Å². The number of carbonyl (C=O) groups excluding carboxylic acids is 1. The van der Waals surface area contributed by atoms with Crippen LogP contribution in [0.1, 0.15) is 15.9 Å². The molecule has 0 amide bonds. The third-order valence-corrected chi connectivity index (χ3v) is 3.52. The van der Waals surface area contributed by atoms with Crippen molar-refractivity contribution in [2.24, 2.45) is 0 Å². The van der Waals surface area contributed by atoms with Gasteiger partial charge in [0.25, 0.3) is 0 Å². The molecule has 2 aromatic rings. The van der Waals surface area contributed by atoms with Crippen molar-refractivity contribution < 1.29 is 19.0 Å². The molecular formula is C16H14O4. The molecule has 0 radical (unpaired) electrons. The molecule has 1 aliphatic carbocycles. The topological polar surface area (TPSA) is 44.8 Å². The van der Waals surface area contributed by atoms with E-state index in [2.05, 4.69) is 0 Å². The highest BCUT2D eigenvalue weighted by Gasteiger charge is 2.33. The van der Waals surface area contributed by atoms with Crippen LogP contribution in [0.25, 0.3) is 11.1 Å². The van der Waals surface area contributed by atoms with Crippen LogP contribution in [0.3, 0.4) is 0 Å². The van der Waals surface area contributed by atoms with Crippen LogP contribution in [0.2, 0.25) is 0 Å². The van der Waals surface area contributed by atoms with Gasteiger partial charge in [-0.25, -0.2) is 0 Å². The van der Waals surface area contributed by atoms with Gasteiger partial charge in [-0.3, -0.25) is 4.79 Å². The van der Waals surface area contributed by atoms with E-state index in [9.17, 15) is 4.79 Å². The van der Waals surface area contributed by atoms with E-state index in [-0.39, 0.29) is 5.78 Å². The Balaban J connectivity index is 2.37. The van der Waals surface area contributed by atoms with Crippen LogP contribution in [0.5, 0.6) is 17.2 Å². The van der Waals surface area contributed by atoms with E-state index in [4.69, 9.17) is 14.2 Å². The van der Waals surface area contributed by atoms with Gasteiger partial charge in [0.2, 0.25) is 0 Å². The fraction of sp³-hybridized carbons (Fsp3) is 0.188. The fourth-order valence-electron chi connectivity index (χ4n) is 2.60. The molecule has 4 nitrogen and oxygen atoms in total. The zero-order valence-corrected chi connectivity index (χ0v) is 11.5. The third-order valence-electron chi connectivity index (χ3n) is 3.52. The summed E-state index contributed by atoms with van der Waals surface area (Å²) in [6.45, 7) is 0. The molecule has 20 heavy (non-hydrogen) atoms. The number of methoxy groups -OCH3 is 3. The summed E-state index contributed by atoms with van der Waals surface area (Å²) in [5, 5.41) is 0. The Bertz CT molecular complexity index is 704. The fourth-order valence-corrected chi connectivity index (χ4v) is 2.60. The van der Waals surface area contributed by atoms with Crippen LogP contribution in [-0.2, 0) is 0 Å². The first-order valence-electron chi connectivity index (χ1n) is 6.19. The lowest BCUT2D eigenvalue weighted by Crippen LogP contribution is -1.97. The predicted octanol–water partition coefficient (Wildman–Crippen LogP) is 2.92. The monoisotopic (exact) mass is 270 g/mol. The highest BCUT2D eigenvalue weighted by atomic mass is 16.5. The quantitative estimate of drug-likeness (QED) is 0.734. The molecule has 3 rings (SSSR count). The van der Waals surface area contributed by atoms with Crippen LogP contribution < -0.4 is 14.2 Å². The molecule has 0 atom stereocenters. The average molecular weight is 270 g/mol. The van der Waals surface area contributed by atoms with Gasteiger partial charge in [-0.15, -0.1) is 0 Å². The first kappa shape index (κ1) is 12.5. The summed E-state index contributed by atoms with van der Waals surface area (Å²) in [5.74, 6) is 1.83. The number of rotatable bonds is 3. The minimum absolute atomic E-state index is 0.0360. The van der Waals surface area contributed by atoms with Gasteiger partial charge in [-0.2, -0.15) is 0 Å². The summed E-state index contributed by atoms with van der Waals surface area (Å²) in [7, 11) is 4.73. The smallest absolute Gasteiger partial charge is 0.194 e. The van der Waals surface area contributed by atoms with E-state index in [0.29, 0.717) is 28.4 Å². The number of hydrogen-bond acceptors (Lipinski definition) is 4. The van der Waals surface area contributed by atoms with Crippen LogP contribution in [0.4, 0.5) is 0 Å². The number of hydrogen-bond donors (Lipinski definition) is 0. The van der Waals surface area contributed by atoms with Crippen LogP contribution in [0.15, 0.2) is 30.3 Å². The van der Waals surface area contributed by atoms with E-state index in [1.165, 1.54) is 0 Å². The molecule has 4 heteroatoms. The highest BCUT2D eigenvalue weighted by Crippen LogP contribution is 2.48. The molecular weight excluding hydrogens is 256 g/mol. The van der Waals surface area contributed by atoms with Crippen LogP contribution in [-0.4, -0.2) is 27.1 Å². The summed E-state index contributed by atoms with van der Waals surface area (Å²) in [6, 6.07) is 8.95. The van der Waals surface area contributed by atoms with Gasteiger partial charge in [-0.05, 0) is 12.1 Å². The third kappa shape index (κ3) is 1.58. The molecule has 0 N–H and O–H groups in total. The van der Waals surface area contributed by atoms with Gasteiger partial charge in [-0.1, -0.05) is 12.1 Å². The van der Waals surface area contributed by atoms with Crippen molar-refractivity contribution in [3.05, 3.63) is 41.5 Å². The summed E-state index contributed by atoms with van der Waals surface area (Å²) < 4.78 is 16.0. The summed E-state index contributed by atoms with van der Waals surface area (Å²) in [4.78, 5) is 12.5. The van der Waals surface area contributed by atoms with E-state index < -0.39 is 0 Å². The first-order chi connectivity index (χ1) is 9.71. The molecule has 0 aromatic heterocycles. The lowest BCUT2D eigenvalue weighted by atomic mass is 10.0. The van der Waals surface area contributed by atoms with Crippen molar-refractivity contribution in [1.29, 1.82) is 0 Å². The Hall–Kier alpha value is -2.49. The Morgan fingerprint density at radius 3 is 2.15 bits per heavy atom. The number of benzene rings is 2. The molecule has 102 valence electrons. The second-order valence-electron chi connectivity index (χ2n) is 4.46. The zero-order chi connectivity index (χ0) is 14.3. The van der Waals surface area contributed by atoms with Crippen molar-refractivity contribution in [3.63, 3.8) is 0 Å². The largest absolute Gasteiger partial charge is 0.497 e. The average Bonchev–Trinajstić information content (AvgIpc) is 2.79. The Kier molecular flexibility index (Phi) is 2.86. The molecule has 0 spiro atoms. The zero-order valence-electron chi connectivity index (χ0n) is 11.5. The van der Waals surface area contributed by atoms with E-state index in [1.807, 2.05) is 12.1 Å². The van der Waals surface area contributed by atoms with Crippen molar-refractivity contribution in [2.75, 3.05) is 21.3 Å². The molecule has 0 aliphatic heterocycles. The molecule has 0 fully saturated rings. The van der Waals surface area contributed by atoms with Gasteiger partial charge in [0.05, 0.1) is 21.3 Å². The maximum atomic E-state index is 12.5. The van der Waals surface area contributed by atoms with E-state index >= 15 is 0 Å². The molecule has 2 aromatic carbocycles. The van der Waals surface area contributed by atoms with Crippen LogP contribution >= 0.6 is 0 Å². The van der Waals surface area contributed by atoms with E-state index in [1.54, 1.807) is 39.5 Å². The van der Waals surface area contributed by atoms with Crippen molar-refractivity contribution in [1.82, 2.24) is 0 Å². The van der Waals surface area contributed by atoms with Crippen molar-refractivity contribution >= 4 is 5.78 Å². The number of carbonyl (C=O) groups is 1. The lowest BCUT2D eigenvalue weighted by molar-refractivity contribution is 0.104. The first-order valence-corrected chi connectivity index (χ1v) is 6.19. The summed E-state index contributed by atoms with van der Waals surface area (Å²) in [5.41, 5.74) is 2.77. The molecule has 0 saturated carbocycles. The normalized spacial score (nSPS) is 11.8. The van der Waals surface area contributed by atoms with Gasteiger partial charge in [0.15, 0.2) is 5.78 Å². The van der Waals surface area contributed by atoms with Gasteiger partial charge in [0.1, 0.15) is 17.2 Å². The lowest BCUT2D eigenvalue weighted by Gasteiger charge is -2.12. The van der Waals surface area contributed by atoms with Crippen molar-refractivity contribution in [3.8, 4) is 28.4 Å². The SMILES string of the molecule is COc1cc(OC)c2c(c1)C(=O)c1cccc(OC)c1-2. The Labute approximate surface area is 116 Å². The molecule has 0 saturated heterocycles. The second kappa shape index (κ2) is 4.56. The summed E-state index contributed by atoms with van der Waals surface area (Å²) in [6.07, 6.45) is 0. The minimum Gasteiger partial charge on any atom is -0.497 e. The maximum absolute atomic E-state index is 12.5.